The van der Waals surface area contributed by atoms with Gasteiger partial charge in [0.25, 0.3) is 0 Å². The lowest BCUT2D eigenvalue weighted by Crippen LogP contribution is -1.55. The molecule has 1 aromatic heterocycles. The normalized spacial score (nSPS) is 7.22. The van der Waals surface area contributed by atoms with E-state index in [4.69, 9.17) is 0 Å². The predicted molar refractivity (Wildman–Crippen MR) is 34.9 cm³/mol. The summed E-state index contributed by atoms with van der Waals surface area (Å²) in [6, 6.07) is 1.83. The Kier molecular flexibility index (Phi) is 6.02. The van der Waals surface area contributed by atoms with Crippen molar-refractivity contribution in [2.24, 2.45) is 0 Å². The lowest BCUT2D eigenvalue weighted by atomic mass is 10.6. The molecule has 0 aromatic carbocycles. The Hall–Kier alpha value is -1.12. The van der Waals surface area contributed by atoms with Crippen molar-refractivity contribution in [1.29, 1.82) is 0 Å². The second-order valence-electron chi connectivity index (χ2n) is 1.34. The third kappa shape index (κ3) is 6.88. The van der Waals surface area contributed by atoms with Gasteiger partial charge in [-0.1, -0.05) is 6.92 Å². The van der Waals surface area contributed by atoms with E-state index in [1.807, 2.05) is 13.0 Å². The second kappa shape index (κ2) is 6.88. The summed E-state index contributed by atoms with van der Waals surface area (Å²) >= 11 is 0. The zero-order chi connectivity index (χ0) is 6.95. The lowest BCUT2D eigenvalue weighted by Gasteiger charge is -1.51. The highest BCUT2D eigenvalue weighted by atomic mass is 16.1. The Morgan fingerprint density at radius 1 is 1.78 bits per heavy atom. The first kappa shape index (κ1) is 7.88. The average Bonchev–Trinajstić information content (AvgIpc) is 2.43. The van der Waals surface area contributed by atoms with Crippen molar-refractivity contribution in [3.8, 4) is 0 Å². The Balaban J connectivity index is 0.000000148. The Bertz CT molecular complexity index is 108. The minimum Gasteiger partial charge on any atom is -0.303 e. The zero-order valence-electron chi connectivity index (χ0n) is 5.37. The molecule has 0 spiro atoms. The maximum absolute atomic E-state index is 9.17. The minimum atomic E-state index is 0.639. The number of nitrogens with zero attached hydrogens (tertiary/aromatic N) is 1. The van der Waals surface area contributed by atoms with Gasteiger partial charge in [-0.25, -0.2) is 0 Å². The van der Waals surface area contributed by atoms with E-state index in [0.717, 1.165) is 6.29 Å². The molecule has 3 nitrogen and oxygen atoms in total. The first-order valence-electron chi connectivity index (χ1n) is 2.79. The van der Waals surface area contributed by atoms with Crippen LogP contribution in [0.5, 0.6) is 0 Å². The number of aromatic amines is 1. The van der Waals surface area contributed by atoms with E-state index in [1.54, 1.807) is 12.4 Å². The molecule has 1 aromatic rings. The van der Waals surface area contributed by atoms with Crippen molar-refractivity contribution in [2.45, 2.75) is 13.3 Å². The maximum atomic E-state index is 9.17. The summed E-state index contributed by atoms with van der Waals surface area (Å²) in [5, 5.41) is 6.21. The molecule has 0 aliphatic heterocycles. The van der Waals surface area contributed by atoms with Crippen LogP contribution >= 0.6 is 0 Å². The predicted octanol–water partition coefficient (Wildman–Crippen LogP) is 1.00. The highest BCUT2D eigenvalue weighted by Crippen LogP contribution is 1.64. The summed E-state index contributed by atoms with van der Waals surface area (Å²) < 4.78 is 0. The average molecular weight is 126 g/mol. The van der Waals surface area contributed by atoms with Crippen LogP contribution in [0.1, 0.15) is 13.3 Å². The molecule has 1 N–H and O–H groups in total. The molecule has 0 aliphatic carbocycles. The van der Waals surface area contributed by atoms with E-state index in [0.29, 0.717) is 6.42 Å². The van der Waals surface area contributed by atoms with Crippen LogP contribution in [0, 0.1) is 0 Å². The summed E-state index contributed by atoms with van der Waals surface area (Å²) in [5.41, 5.74) is 0. The highest BCUT2D eigenvalue weighted by molar-refractivity contribution is 5.48. The molecule has 0 amide bonds. The maximum Gasteiger partial charge on any atom is 0.119 e. The summed E-state index contributed by atoms with van der Waals surface area (Å²) in [6.45, 7) is 1.81. The number of rotatable bonds is 1. The van der Waals surface area contributed by atoms with Crippen molar-refractivity contribution in [3.63, 3.8) is 0 Å². The first-order valence-corrected chi connectivity index (χ1v) is 2.79. The van der Waals surface area contributed by atoms with Crippen LogP contribution in [-0.2, 0) is 4.79 Å². The summed E-state index contributed by atoms with van der Waals surface area (Å²) in [6.07, 6.45) is 4.97. The van der Waals surface area contributed by atoms with Crippen LogP contribution in [0.3, 0.4) is 0 Å². The van der Waals surface area contributed by atoms with Crippen LogP contribution in [-0.4, -0.2) is 16.5 Å². The minimum absolute atomic E-state index is 0.639. The molecule has 0 saturated heterocycles. The van der Waals surface area contributed by atoms with Crippen molar-refractivity contribution in [3.05, 3.63) is 18.5 Å². The van der Waals surface area contributed by atoms with E-state index in [-0.39, 0.29) is 0 Å². The number of carbonyl (C=O) groups excluding carboxylic acids is 1. The van der Waals surface area contributed by atoms with Crippen molar-refractivity contribution >= 4 is 6.29 Å². The molecule has 9 heavy (non-hydrogen) atoms. The van der Waals surface area contributed by atoms with Gasteiger partial charge in [-0.05, 0) is 6.07 Å². The Labute approximate surface area is 54.1 Å². The third-order valence-corrected chi connectivity index (χ3v) is 0.573. The molecular formula is C6H10N2O. The number of nitrogens with one attached hydrogen (secondary N) is 1. The van der Waals surface area contributed by atoms with Gasteiger partial charge in [0.15, 0.2) is 0 Å². The van der Waals surface area contributed by atoms with Crippen LogP contribution < -0.4 is 0 Å². The Morgan fingerprint density at radius 3 is 2.56 bits per heavy atom. The lowest BCUT2D eigenvalue weighted by molar-refractivity contribution is -0.107. The van der Waals surface area contributed by atoms with Gasteiger partial charge in [0, 0.05) is 18.8 Å². The fourth-order valence-corrected chi connectivity index (χ4v) is 0.215. The fraction of sp³-hybridized carbons (Fsp3) is 0.333. The first-order chi connectivity index (χ1) is 4.41. The Morgan fingerprint density at radius 2 is 2.44 bits per heavy atom. The van der Waals surface area contributed by atoms with Crippen LogP contribution in [0.15, 0.2) is 18.5 Å². The quantitative estimate of drug-likeness (QED) is 0.570. The van der Waals surface area contributed by atoms with Crippen molar-refractivity contribution in [2.75, 3.05) is 0 Å². The molecule has 1 heterocycles. The smallest absolute Gasteiger partial charge is 0.119 e. The van der Waals surface area contributed by atoms with E-state index >= 15 is 0 Å². The molecule has 0 bridgehead atoms. The van der Waals surface area contributed by atoms with E-state index in [1.165, 1.54) is 0 Å². The molecule has 0 aliphatic rings. The van der Waals surface area contributed by atoms with E-state index in [2.05, 4.69) is 10.2 Å². The highest BCUT2D eigenvalue weighted by Gasteiger charge is 1.56. The molecule has 50 valence electrons. The van der Waals surface area contributed by atoms with Gasteiger partial charge < -0.3 is 4.79 Å². The van der Waals surface area contributed by atoms with Gasteiger partial charge in [-0.2, -0.15) is 5.10 Å². The summed E-state index contributed by atoms with van der Waals surface area (Å²) in [7, 11) is 0. The van der Waals surface area contributed by atoms with Gasteiger partial charge in [0.1, 0.15) is 6.29 Å². The topological polar surface area (TPSA) is 45.8 Å². The van der Waals surface area contributed by atoms with Gasteiger partial charge >= 0.3 is 0 Å². The summed E-state index contributed by atoms with van der Waals surface area (Å²) in [5.74, 6) is 0. The van der Waals surface area contributed by atoms with E-state index < -0.39 is 0 Å². The molecule has 0 atom stereocenters. The number of aldehydes is 1. The van der Waals surface area contributed by atoms with Crippen molar-refractivity contribution in [1.82, 2.24) is 10.2 Å². The number of carbonyl (C=O) groups is 1. The molecular weight excluding hydrogens is 116 g/mol. The number of H-pyrrole nitrogens is 1. The number of hydrogen-bond acceptors (Lipinski definition) is 2. The van der Waals surface area contributed by atoms with Crippen LogP contribution in [0.4, 0.5) is 0 Å². The van der Waals surface area contributed by atoms with Gasteiger partial charge in [0.05, 0.1) is 0 Å². The molecule has 0 fully saturated rings. The molecule has 0 unspecified atom stereocenters. The molecule has 0 radical (unpaired) electrons. The van der Waals surface area contributed by atoms with Gasteiger partial charge in [-0.15, -0.1) is 0 Å². The summed E-state index contributed by atoms with van der Waals surface area (Å²) in [4.78, 5) is 9.17. The fourth-order valence-electron chi connectivity index (χ4n) is 0.215. The van der Waals surface area contributed by atoms with E-state index in [9.17, 15) is 4.79 Å². The zero-order valence-corrected chi connectivity index (χ0v) is 5.37. The molecule has 0 saturated carbocycles. The van der Waals surface area contributed by atoms with Crippen LogP contribution in [0.25, 0.3) is 0 Å². The van der Waals surface area contributed by atoms with Crippen molar-refractivity contribution < 1.29 is 4.79 Å². The number of aromatic nitrogens is 2. The monoisotopic (exact) mass is 126 g/mol. The van der Waals surface area contributed by atoms with Gasteiger partial charge in [-0.3, -0.25) is 5.10 Å². The van der Waals surface area contributed by atoms with Gasteiger partial charge in [0.2, 0.25) is 0 Å². The van der Waals surface area contributed by atoms with Crippen LogP contribution in [0.2, 0.25) is 0 Å². The third-order valence-electron chi connectivity index (χ3n) is 0.573. The number of hydrogen-bond donors (Lipinski definition) is 1. The SMILES string of the molecule is CCC=O.c1cn[nH]c1. The standard InChI is InChI=1S/C3H4N2.C3H6O/c1-2-4-5-3-1;1-2-3-4/h1-3H,(H,4,5);3H,2H2,1H3. The molecule has 3 heteroatoms. The largest absolute Gasteiger partial charge is 0.303 e. The molecule has 1 rings (SSSR count). The second-order valence-corrected chi connectivity index (χ2v) is 1.34.